The molecule has 8 nitrogen and oxygen atoms in total. The molecule has 2 unspecified atom stereocenters. The standard InChI is InChI=1S/C29H37N5O3/c1-4-21-14-20(9-10-22(21)17-30)11-12-29(23-7-5-6-8-23)16-25(35)24(27(36)37-29)15-26-32-28-31-18(2)13-19(3)34(28)33-26/h9-10,13-14,23-24H,4-8,11-12,15-17,30H2,1-3H3. The van der Waals surface area contributed by atoms with E-state index in [-0.39, 0.29) is 24.5 Å². The molecule has 2 atom stereocenters. The number of nitrogens with zero attached hydrogens (tertiary/aromatic N) is 4. The molecule has 2 aromatic heterocycles. The average Bonchev–Trinajstić information content (AvgIpc) is 3.55. The topological polar surface area (TPSA) is 112 Å². The number of ketones is 1. The van der Waals surface area contributed by atoms with Gasteiger partial charge >= 0.3 is 5.97 Å². The summed E-state index contributed by atoms with van der Waals surface area (Å²) >= 11 is 0. The zero-order valence-corrected chi connectivity index (χ0v) is 22.1. The number of ether oxygens (including phenoxy) is 1. The summed E-state index contributed by atoms with van der Waals surface area (Å²) in [7, 11) is 0. The van der Waals surface area contributed by atoms with Crippen molar-refractivity contribution in [3.63, 3.8) is 0 Å². The zero-order valence-electron chi connectivity index (χ0n) is 22.1. The highest BCUT2D eigenvalue weighted by atomic mass is 16.6. The number of hydrogen-bond donors (Lipinski definition) is 1. The second kappa shape index (κ2) is 10.3. The van der Waals surface area contributed by atoms with Crippen LogP contribution in [0.25, 0.3) is 5.78 Å². The van der Waals surface area contributed by atoms with Crippen LogP contribution < -0.4 is 5.73 Å². The lowest BCUT2D eigenvalue weighted by atomic mass is 9.73. The molecular formula is C29H37N5O3. The molecule has 0 bridgehead atoms. The molecule has 3 heterocycles. The van der Waals surface area contributed by atoms with E-state index in [4.69, 9.17) is 10.5 Å². The Morgan fingerprint density at radius 1 is 1.11 bits per heavy atom. The molecule has 196 valence electrons. The first-order valence-electron chi connectivity index (χ1n) is 13.6. The van der Waals surface area contributed by atoms with Gasteiger partial charge in [-0.15, -0.1) is 5.10 Å². The third-order valence-corrected chi connectivity index (χ3v) is 8.31. The fraction of sp³-hybridized carbons (Fsp3) is 0.552. The van der Waals surface area contributed by atoms with E-state index < -0.39 is 17.5 Å². The predicted octanol–water partition coefficient (Wildman–Crippen LogP) is 4.00. The van der Waals surface area contributed by atoms with Gasteiger partial charge in [-0.3, -0.25) is 9.59 Å². The SMILES string of the molecule is CCc1cc(CCC2(C3CCCC3)CC(=O)C(Cc3nc4nc(C)cc(C)n4n3)C(=O)O2)ccc1CN. The van der Waals surface area contributed by atoms with Crippen molar-refractivity contribution in [2.75, 3.05) is 0 Å². The molecule has 1 aliphatic carbocycles. The third-order valence-electron chi connectivity index (χ3n) is 8.31. The molecule has 3 aromatic rings. The summed E-state index contributed by atoms with van der Waals surface area (Å²) in [6.45, 7) is 6.50. The van der Waals surface area contributed by atoms with Crippen molar-refractivity contribution in [1.29, 1.82) is 0 Å². The molecule has 1 saturated carbocycles. The number of fused-ring (bicyclic) bond motifs is 1. The molecule has 0 radical (unpaired) electrons. The number of nitrogens with two attached hydrogens (primary N) is 1. The lowest BCUT2D eigenvalue weighted by Gasteiger charge is -2.43. The van der Waals surface area contributed by atoms with Gasteiger partial charge in [0.2, 0.25) is 0 Å². The number of hydrogen-bond acceptors (Lipinski definition) is 7. The maximum Gasteiger partial charge on any atom is 0.317 e. The van der Waals surface area contributed by atoms with Crippen LogP contribution in [0.5, 0.6) is 0 Å². The lowest BCUT2D eigenvalue weighted by Crippen LogP contribution is -2.52. The van der Waals surface area contributed by atoms with E-state index in [1.807, 2.05) is 19.9 Å². The molecule has 0 spiro atoms. The van der Waals surface area contributed by atoms with Crippen LogP contribution in [-0.2, 0) is 40.1 Å². The second-order valence-electron chi connectivity index (χ2n) is 10.8. The number of esters is 1. The van der Waals surface area contributed by atoms with E-state index in [9.17, 15) is 9.59 Å². The number of carbonyl (C=O) groups is 2. The Hall–Kier alpha value is -3.13. The van der Waals surface area contributed by atoms with E-state index in [1.54, 1.807) is 4.52 Å². The molecule has 5 rings (SSSR count). The summed E-state index contributed by atoms with van der Waals surface area (Å²) in [6, 6.07) is 8.36. The van der Waals surface area contributed by atoms with Crippen LogP contribution in [0.3, 0.4) is 0 Å². The van der Waals surface area contributed by atoms with Crippen molar-refractivity contribution in [1.82, 2.24) is 19.6 Å². The lowest BCUT2D eigenvalue weighted by molar-refractivity contribution is -0.185. The van der Waals surface area contributed by atoms with Crippen molar-refractivity contribution in [2.45, 2.75) is 90.7 Å². The number of carbonyl (C=O) groups excluding carboxylic acids is 2. The Labute approximate surface area is 218 Å². The Morgan fingerprint density at radius 3 is 2.59 bits per heavy atom. The Morgan fingerprint density at radius 2 is 1.89 bits per heavy atom. The summed E-state index contributed by atoms with van der Waals surface area (Å²) in [5.74, 6) is -0.220. The number of rotatable bonds is 8. The van der Waals surface area contributed by atoms with Gasteiger partial charge in [0.15, 0.2) is 11.6 Å². The van der Waals surface area contributed by atoms with E-state index in [2.05, 4.69) is 40.2 Å². The quantitative estimate of drug-likeness (QED) is 0.365. The van der Waals surface area contributed by atoms with Gasteiger partial charge in [-0.2, -0.15) is 4.98 Å². The summed E-state index contributed by atoms with van der Waals surface area (Å²) in [6.07, 6.45) is 6.97. The Balaban J connectivity index is 1.35. The Bertz CT molecular complexity index is 1310. The number of aryl methyl sites for hydroxylation is 4. The van der Waals surface area contributed by atoms with Crippen LogP contribution in [0.2, 0.25) is 0 Å². The molecule has 8 heteroatoms. The Kier molecular flexibility index (Phi) is 7.12. The van der Waals surface area contributed by atoms with E-state index in [0.29, 0.717) is 24.6 Å². The number of benzene rings is 1. The van der Waals surface area contributed by atoms with Gasteiger partial charge in [0.25, 0.3) is 5.78 Å². The minimum Gasteiger partial charge on any atom is -0.458 e. The largest absolute Gasteiger partial charge is 0.458 e. The van der Waals surface area contributed by atoms with Crippen molar-refractivity contribution in [3.8, 4) is 0 Å². The van der Waals surface area contributed by atoms with Crippen molar-refractivity contribution < 1.29 is 14.3 Å². The maximum absolute atomic E-state index is 13.5. The molecule has 2 aliphatic rings. The summed E-state index contributed by atoms with van der Waals surface area (Å²) < 4.78 is 7.95. The highest BCUT2D eigenvalue weighted by Gasteiger charge is 2.51. The molecule has 1 aliphatic heterocycles. The molecule has 2 fully saturated rings. The predicted molar refractivity (Wildman–Crippen MR) is 140 cm³/mol. The van der Waals surface area contributed by atoms with E-state index in [1.165, 1.54) is 16.7 Å². The van der Waals surface area contributed by atoms with Crippen LogP contribution >= 0.6 is 0 Å². The summed E-state index contributed by atoms with van der Waals surface area (Å²) in [5.41, 5.74) is 10.5. The second-order valence-corrected chi connectivity index (χ2v) is 10.8. The summed E-state index contributed by atoms with van der Waals surface area (Å²) in [4.78, 5) is 35.8. The van der Waals surface area contributed by atoms with Gasteiger partial charge in [0, 0.05) is 30.8 Å². The maximum atomic E-state index is 13.5. The normalized spacial score (nSPS) is 22.6. The molecule has 1 saturated heterocycles. The molecule has 37 heavy (non-hydrogen) atoms. The van der Waals surface area contributed by atoms with Gasteiger partial charge in [-0.05, 0) is 74.6 Å². The van der Waals surface area contributed by atoms with Crippen LogP contribution in [0, 0.1) is 25.7 Å². The minimum atomic E-state index is -0.871. The van der Waals surface area contributed by atoms with Crippen molar-refractivity contribution in [3.05, 3.63) is 58.2 Å². The highest BCUT2D eigenvalue weighted by Crippen LogP contribution is 2.45. The number of aromatic nitrogens is 4. The van der Waals surface area contributed by atoms with Gasteiger partial charge in [0.1, 0.15) is 11.5 Å². The van der Waals surface area contributed by atoms with E-state index >= 15 is 0 Å². The number of Topliss-reactive ketones (excluding diaryl/α,β-unsaturated/α-hetero) is 1. The first-order chi connectivity index (χ1) is 17.8. The fourth-order valence-corrected chi connectivity index (χ4v) is 6.27. The highest BCUT2D eigenvalue weighted by molar-refractivity contribution is 6.01. The van der Waals surface area contributed by atoms with E-state index in [0.717, 1.165) is 49.9 Å². The molecule has 2 N–H and O–H groups in total. The van der Waals surface area contributed by atoms with Gasteiger partial charge in [-0.1, -0.05) is 38.0 Å². The minimum absolute atomic E-state index is 0.0596. The molecule has 0 amide bonds. The molecular weight excluding hydrogens is 466 g/mol. The first kappa shape index (κ1) is 25.5. The number of cyclic esters (lactones) is 1. The first-order valence-corrected chi connectivity index (χ1v) is 13.6. The third kappa shape index (κ3) is 5.04. The molecule has 1 aromatic carbocycles. The van der Waals surface area contributed by atoms with Gasteiger partial charge in [-0.25, -0.2) is 9.50 Å². The van der Waals surface area contributed by atoms with Gasteiger partial charge in [0.05, 0.1) is 0 Å². The smallest absolute Gasteiger partial charge is 0.317 e. The van der Waals surface area contributed by atoms with Crippen LogP contribution in [-0.4, -0.2) is 36.9 Å². The van der Waals surface area contributed by atoms with Crippen molar-refractivity contribution in [2.24, 2.45) is 17.6 Å². The van der Waals surface area contributed by atoms with Crippen LogP contribution in [0.15, 0.2) is 24.3 Å². The van der Waals surface area contributed by atoms with Gasteiger partial charge < -0.3 is 10.5 Å². The van der Waals surface area contributed by atoms with Crippen LogP contribution in [0.4, 0.5) is 0 Å². The summed E-state index contributed by atoms with van der Waals surface area (Å²) in [5, 5.41) is 4.51. The van der Waals surface area contributed by atoms with Crippen molar-refractivity contribution >= 4 is 17.5 Å². The monoisotopic (exact) mass is 503 g/mol. The average molecular weight is 504 g/mol. The zero-order chi connectivity index (χ0) is 26.2. The fourth-order valence-electron chi connectivity index (χ4n) is 6.27. The van der Waals surface area contributed by atoms with Crippen LogP contribution in [0.1, 0.15) is 79.4 Å².